The predicted octanol–water partition coefficient (Wildman–Crippen LogP) is 2.29. The monoisotopic (exact) mass is 220 g/mol. The fourth-order valence-electron chi connectivity index (χ4n) is 1.77. The molecule has 16 heavy (non-hydrogen) atoms. The molecule has 1 N–H and O–H groups in total. The minimum Gasteiger partial charge on any atom is -0.382 e. The van der Waals surface area contributed by atoms with E-state index in [1.807, 2.05) is 0 Å². The number of nitriles is 1. The van der Waals surface area contributed by atoms with E-state index in [0.29, 0.717) is 6.04 Å². The molecule has 0 spiro atoms. The molecule has 84 valence electrons. The fourth-order valence-corrected chi connectivity index (χ4v) is 1.77. The standard InChI is InChI=1S/C12H13FN2O/c13-12-7-11(2-1-9(12)8-14)15-10-3-5-16-6-4-10/h1-2,7,10,15H,3-6H2. The van der Waals surface area contributed by atoms with E-state index in [1.165, 1.54) is 12.1 Å². The summed E-state index contributed by atoms with van der Waals surface area (Å²) in [5.74, 6) is -0.473. The topological polar surface area (TPSA) is 45.0 Å². The zero-order chi connectivity index (χ0) is 11.4. The number of hydrogen-bond acceptors (Lipinski definition) is 3. The van der Waals surface area contributed by atoms with Crippen molar-refractivity contribution in [1.29, 1.82) is 5.26 Å². The van der Waals surface area contributed by atoms with Crippen molar-refractivity contribution < 1.29 is 9.13 Å². The molecule has 1 heterocycles. The third-order valence-electron chi connectivity index (χ3n) is 2.68. The van der Waals surface area contributed by atoms with Crippen LogP contribution in [0.3, 0.4) is 0 Å². The molecule has 1 aliphatic heterocycles. The number of nitrogens with one attached hydrogen (secondary N) is 1. The Morgan fingerprint density at radius 1 is 1.38 bits per heavy atom. The van der Waals surface area contributed by atoms with Gasteiger partial charge in [-0.2, -0.15) is 5.26 Å². The maximum atomic E-state index is 13.3. The summed E-state index contributed by atoms with van der Waals surface area (Å²) in [6.45, 7) is 1.49. The molecule has 0 radical (unpaired) electrons. The van der Waals surface area contributed by atoms with Crippen molar-refractivity contribution in [2.75, 3.05) is 18.5 Å². The number of ether oxygens (including phenoxy) is 1. The Labute approximate surface area is 93.8 Å². The van der Waals surface area contributed by atoms with Crippen molar-refractivity contribution in [1.82, 2.24) is 0 Å². The lowest BCUT2D eigenvalue weighted by Crippen LogP contribution is -2.27. The maximum Gasteiger partial charge on any atom is 0.143 e. The van der Waals surface area contributed by atoms with Crippen molar-refractivity contribution in [3.8, 4) is 6.07 Å². The highest BCUT2D eigenvalue weighted by Gasteiger charge is 2.13. The van der Waals surface area contributed by atoms with Crippen LogP contribution in [0.25, 0.3) is 0 Å². The van der Waals surface area contributed by atoms with Crippen LogP contribution in [0.15, 0.2) is 18.2 Å². The Hall–Kier alpha value is -1.60. The SMILES string of the molecule is N#Cc1ccc(NC2CCOCC2)cc1F. The lowest BCUT2D eigenvalue weighted by Gasteiger charge is -2.24. The molecule has 1 aromatic carbocycles. The molecule has 3 nitrogen and oxygen atoms in total. The van der Waals surface area contributed by atoms with Crippen molar-refractivity contribution >= 4 is 5.69 Å². The van der Waals surface area contributed by atoms with Gasteiger partial charge in [-0.1, -0.05) is 0 Å². The number of anilines is 1. The zero-order valence-electron chi connectivity index (χ0n) is 8.87. The summed E-state index contributed by atoms with van der Waals surface area (Å²) in [4.78, 5) is 0. The van der Waals surface area contributed by atoms with Gasteiger partial charge in [0, 0.05) is 24.9 Å². The third-order valence-corrected chi connectivity index (χ3v) is 2.68. The Kier molecular flexibility index (Phi) is 3.37. The Morgan fingerprint density at radius 2 is 2.12 bits per heavy atom. The zero-order valence-corrected chi connectivity index (χ0v) is 8.87. The molecule has 1 fully saturated rings. The van der Waals surface area contributed by atoms with Gasteiger partial charge in [-0.25, -0.2) is 4.39 Å². The average Bonchev–Trinajstić information content (AvgIpc) is 2.31. The highest BCUT2D eigenvalue weighted by Crippen LogP contribution is 2.17. The van der Waals surface area contributed by atoms with Crippen molar-refractivity contribution in [2.24, 2.45) is 0 Å². The normalized spacial score (nSPS) is 16.8. The van der Waals surface area contributed by atoms with Crippen LogP contribution in [0.2, 0.25) is 0 Å². The van der Waals surface area contributed by atoms with Gasteiger partial charge in [0.15, 0.2) is 0 Å². The van der Waals surface area contributed by atoms with Crippen LogP contribution in [-0.4, -0.2) is 19.3 Å². The van der Waals surface area contributed by atoms with E-state index in [1.54, 1.807) is 12.1 Å². The average molecular weight is 220 g/mol. The second-order valence-electron chi connectivity index (χ2n) is 3.84. The van der Waals surface area contributed by atoms with Gasteiger partial charge in [0.25, 0.3) is 0 Å². The largest absolute Gasteiger partial charge is 0.382 e. The first kappa shape index (κ1) is 10.9. The van der Waals surface area contributed by atoms with Gasteiger partial charge in [0.1, 0.15) is 11.9 Å². The first-order valence-electron chi connectivity index (χ1n) is 5.33. The number of hydrogen-bond donors (Lipinski definition) is 1. The molecule has 2 rings (SSSR count). The van der Waals surface area contributed by atoms with E-state index in [2.05, 4.69) is 5.32 Å². The minimum absolute atomic E-state index is 0.0810. The molecule has 0 amide bonds. The van der Waals surface area contributed by atoms with Crippen LogP contribution in [-0.2, 0) is 4.74 Å². The number of halogens is 1. The van der Waals surface area contributed by atoms with E-state index >= 15 is 0 Å². The van der Waals surface area contributed by atoms with Gasteiger partial charge < -0.3 is 10.1 Å². The molecule has 4 heteroatoms. The summed E-state index contributed by atoms with van der Waals surface area (Å²) in [7, 11) is 0. The maximum absolute atomic E-state index is 13.3. The fraction of sp³-hybridized carbons (Fsp3) is 0.417. The minimum atomic E-state index is -0.473. The molecule has 0 aromatic heterocycles. The van der Waals surface area contributed by atoms with Gasteiger partial charge in [-0.3, -0.25) is 0 Å². The number of benzene rings is 1. The quantitative estimate of drug-likeness (QED) is 0.831. The molecule has 0 aliphatic carbocycles. The molecule has 0 bridgehead atoms. The van der Waals surface area contributed by atoms with Crippen LogP contribution in [0, 0.1) is 17.1 Å². The van der Waals surface area contributed by atoms with E-state index in [0.717, 1.165) is 31.7 Å². The van der Waals surface area contributed by atoms with Crippen LogP contribution >= 0.6 is 0 Å². The second kappa shape index (κ2) is 4.95. The van der Waals surface area contributed by atoms with Gasteiger partial charge in [0.05, 0.1) is 5.56 Å². The summed E-state index contributed by atoms with van der Waals surface area (Å²) in [5.41, 5.74) is 0.806. The summed E-state index contributed by atoms with van der Waals surface area (Å²) < 4.78 is 18.6. The molecule has 0 saturated carbocycles. The van der Waals surface area contributed by atoms with Gasteiger partial charge in [-0.15, -0.1) is 0 Å². The third kappa shape index (κ3) is 2.50. The first-order valence-corrected chi connectivity index (χ1v) is 5.33. The summed E-state index contributed by atoms with van der Waals surface area (Å²) in [5, 5.41) is 11.8. The van der Waals surface area contributed by atoms with Crippen molar-refractivity contribution in [2.45, 2.75) is 18.9 Å². The Balaban J connectivity index is 2.04. The molecule has 0 unspecified atom stereocenters. The lowest BCUT2D eigenvalue weighted by molar-refractivity contribution is 0.0904. The van der Waals surface area contributed by atoms with Crippen LogP contribution < -0.4 is 5.32 Å². The van der Waals surface area contributed by atoms with Gasteiger partial charge >= 0.3 is 0 Å². The van der Waals surface area contributed by atoms with E-state index in [-0.39, 0.29) is 5.56 Å². The summed E-state index contributed by atoms with van der Waals surface area (Å²) >= 11 is 0. The van der Waals surface area contributed by atoms with E-state index in [9.17, 15) is 4.39 Å². The smallest absolute Gasteiger partial charge is 0.143 e. The Bertz CT molecular complexity index is 408. The lowest BCUT2D eigenvalue weighted by atomic mass is 10.1. The summed E-state index contributed by atoms with van der Waals surface area (Å²) in [6, 6.07) is 6.74. The predicted molar refractivity (Wildman–Crippen MR) is 58.6 cm³/mol. The van der Waals surface area contributed by atoms with Gasteiger partial charge in [-0.05, 0) is 31.0 Å². The second-order valence-corrected chi connectivity index (χ2v) is 3.84. The highest BCUT2D eigenvalue weighted by molar-refractivity contribution is 5.48. The van der Waals surface area contributed by atoms with E-state index in [4.69, 9.17) is 10.00 Å². The molecule has 1 aliphatic rings. The molecular weight excluding hydrogens is 207 g/mol. The molecule has 1 aromatic rings. The molecule has 1 saturated heterocycles. The number of rotatable bonds is 2. The highest BCUT2D eigenvalue weighted by atomic mass is 19.1. The van der Waals surface area contributed by atoms with Crippen LogP contribution in [0.5, 0.6) is 0 Å². The first-order chi connectivity index (χ1) is 7.79. The van der Waals surface area contributed by atoms with Gasteiger partial charge in [0.2, 0.25) is 0 Å². The molecule has 0 atom stereocenters. The van der Waals surface area contributed by atoms with Crippen LogP contribution in [0.4, 0.5) is 10.1 Å². The van der Waals surface area contributed by atoms with Crippen LogP contribution in [0.1, 0.15) is 18.4 Å². The van der Waals surface area contributed by atoms with E-state index < -0.39 is 5.82 Å². The molecular formula is C12H13FN2O. The van der Waals surface area contributed by atoms with Crippen molar-refractivity contribution in [3.63, 3.8) is 0 Å². The van der Waals surface area contributed by atoms with Crippen molar-refractivity contribution in [3.05, 3.63) is 29.6 Å². The number of nitrogens with zero attached hydrogens (tertiary/aromatic N) is 1. The summed E-state index contributed by atoms with van der Waals surface area (Å²) in [6.07, 6.45) is 1.86. The Morgan fingerprint density at radius 3 is 2.75 bits per heavy atom.